The molecule has 0 aliphatic carbocycles. The van der Waals surface area contributed by atoms with Crippen LogP contribution in [0.1, 0.15) is 36.7 Å². The van der Waals surface area contributed by atoms with E-state index in [1.807, 2.05) is 12.1 Å². The molecule has 0 bridgehead atoms. The summed E-state index contributed by atoms with van der Waals surface area (Å²) in [5.41, 5.74) is 2.18. The van der Waals surface area contributed by atoms with Gasteiger partial charge in [-0.05, 0) is 35.2 Å². The standard InChI is InChI=1S/C19H24N2O4S/c1-19(2,3)14-8-6-13(7-9-14)18(22)20-17-12-15(25-4)10-11-16(17)21-26(5,23)24/h6-12,21H,1-5H3,(H,20,22). The molecule has 0 heterocycles. The zero-order valence-electron chi connectivity index (χ0n) is 15.6. The second-order valence-electron chi connectivity index (χ2n) is 7.07. The quantitative estimate of drug-likeness (QED) is 0.835. The van der Waals surface area contributed by atoms with Crippen LogP contribution in [0.5, 0.6) is 5.75 Å². The maximum Gasteiger partial charge on any atom is 0.255 e. The monoisotopic (exact) mass is 376 g/mol. The Morgan fingerprint density at radius 2 is 1.62 bits per heavy atom. The number of nitrogens with one attached hydrogen (secondary N) is 2. The molecule has 2 aromatic rings. The van der Waals surface area contributed by atoms with Gasteiger partial charge in [0.25, 0.3) is 5.91 Å². The van der Waals surface area contributed by atoms with Crippen LogP contribution in [0.2, 0.25) is 0 Å². The van der Waals surface area contributed by atoms with E-state index in [0.717, 1.165) is 11.8 Å². The van der Waals surface area contributed by atoms with Crippen LogP contribution in [0.4, 0.5) is 11.4 Å². The number of carbonyl (C=O) groups is 1. The predicted molar refractivity (Wildman–Crippen MR) is 105 cm³/mol. The molecule has 0 aromatic heterocycles. The third kappa shape index (κ3) is 5.23. The van der Waals surface area contributed by atoms with E-state index in [1.54, 1.807) is 24.3 Å². The Balaban J connectivity index is 2.30. The van der Waals surface area contributed by atoms with Crippen LogP contribution in [0.3, 0.4) is 0 Å². The van der Waals surface area contributed by atoms with E-state index in [0.29, 0.717) is 17.0 Å². The van der Waals surface area contributed by atoms with Gasteiger partial charge in [-0.2, -0.15) is 0 Å². The number of hydrogen-bond donors (Lipinski definition) is 2. The second-order valence-corrected chi connectivity index (χ2v) is 8.82. The molecule has 2 rings (SSSR count). The summed E-state index contributed by atoms with van der Waals surface area (Å²) in [7, 11) is -1.99. The third-order valence-electron chi connectivity index (χ3n) is 3.78. The second kappa shape index (κ2) is 7.37. The Bertz CT molecular complexity index is 898. The van der Waals surface area contributed by atoms with E-state index in [4.69, 9.17) is 4.74 Å². The maximum atomic E-state index is 12.6. The van der Waals surface area contributed by atoms with E-state index in [9.17, 15) is 13.2 Å². The lowest BCUT2D eigenvalue weighted by Gasteiger charge is -2.19. The summed E-state index contributed by atoms with van der Waals surface area (Å²) < 4.78 is 30.6. The maximum absolute atomic E-state index is 12.6. The summed E-state index contributed by atoms with van der Waals surface area (Å²) in [6.07, 6.45) is 1.05. The Morgan fingerprint density at radius 3 is 2.12 bits per heavy atom. The van der Waals surface area contributed by atoms with Crippen LogP contribution >= 0.6 is 0 Å². The van der Waals surface area contributed by atoms with Crippen molar-refractivity contribution in [2.75, 3.05) is 23.4 Å². The van der Waals surface area contributed by atoms with Crippen LogP contribution in [0.15, 0.2) is 42.5 Å². The number of carbonyl (C=O) groups excluding carboxylic acids is 1. The fourth-order valence-electron chi connectivity index (χ4n) is 2.36. The Hall–Kier alpha value is -2.54. The summed E-state index contributed by atoms with van der Waals surface area (Å²) in [5, 5.41) is 2.74. The third-order valence-corrected chi connectivity index (χ3v) is 4.37. The number of hydrogen-bond acceptors (Lipinski definition) is 4. The molecule has 0 saturated heterocycles. The van der Waals surface area contributed by atoms with Gasteiger partial charge < -0.3 is 10.1 Å². The van der Waals surface area contributed by atoms with E-state index in [-0.39, 0.29) is 17.0 Å². The van der Waals surface area contributed by atoms with Crippen molar-refractivity contribution in [3.8, 4) is 5.75 Å². The molecule has 0 spiro atoms. The average Bonchev–Trinajstić information content (AvgIpc) is 2.54. The van der Waals surface area contributed by atoms with Gasteiger partial charge in [0.2, 0.25) is 10.0 Å². The van der Waals surface area contributed by atoms with E-state index in [1.165, 1.54) is 13.2 Å². The van der Waals surface area contributed by atoms with E-state index < -0.39 is 10.0 Å². The van der Waals surface area contributed by atoms with E-state index >= 15 is 0 Å². The number of rotatable bonds is 5. The average molecular weight is 376 g/mol. The fourth-order valence-corrected chi connectivity index (χ4v) is 2.94. The Morgan fingerprint density at radius 1 is 1.00 bits per heavy atom. The number of methoxy groups -OCH3 is 1. The van der Waals surface area contributed by atoms with Crippen molar-refractivity contribution in [2.24, 2.45) is 0 Å². The first-order chi connectivity index (χ1) is 12.0. The van der Waals surface area contributed by atoms with Gasteiger partial charge in [-0.3, -0.25) is 9.52 Å². The molecule has 0 fully saturated rings. The lowest BCUT2D eigenvalue weighted by atomic mass is 9.87. The molecule has 2 aromatic carbocycles. The van der Waals surface area contributed by atoms with Crippen molar-refractivity contribution in [1.82, 2.24) is 0 Å². The molecule has 0 saturated carbocycles. The number of anilines is 2. The molecule has 26 heavy (non-hydrogen) atoms. The van der Waals surface area contributed by atoms with Crippen molar-refractivity contribution in [3.05, 3.63) is 53.6 Å². The first-order valence-electron chi connectivity index (χ1n) is 8.07. The molecule has 0 unspecified atom stereocenters. The molecule has 0 radical (unpaired) electrons. The van der Waals surface area contributed by atoms with Gasteiger partial charge in [-0.15, -0.1) is 0 Å². The first-order valence-corrected chi connectivity index (χ1v) is 9.96. The van der Waals surface area contributed by atoms with Gasteiger partial charge in [0, 0.05) is 11.6 Å². The first kappa shape index (κ1) is 19.8. The van der Waals surface area contributed by atoms with Gasteiger partial charge in [0.15, 0.2) is 0 Å². The fraction of sp³-hybridized carbons (Fsp3) is 0.316. The highest BCUT2D eigenvalue weighted by Gasteiger charge is 2.16. The molecule has 140 valence electrons. The molecule has 0 aliphatic rings. The van der Waals surface area contributed by atoms with Crippen molar-refractivity contribution in [2.45, 2.75) is 26.2 Å². The molecule has 0 atom stereocenters. The zero-order chi connectivity index (χ0) is 19.5. The smallest absolute Gasteiger partial charge is 0.255 e. The summed E-state index contributed by atoms with van der Waals surface area (Å²) in [5.74, 6) is 0.165. The summed E-state index contributed by atoms with van der Waals surface area (Å²) in [6, 6.07) is 12.0. The lowest BCUT2D eigenvalue weighted by molar-refractivity contribution is 0.102. The topological polar surface area (TPSA) is 84.5 Å². The van der Waals surface area contributed by atoms with Crippen molar-refractivity contribution in [1.29, 1.82) is 0 Å². The van der Waals surface area contributed by atoms with Crippen LogP contribution in [0.25, 0.3) is 0 Å². The normalized spacial score (nSPS) is 11.7. The zero-order valence-corrected chi connectivity index (χ0v) is 16.4. The number of benzene rings is 2. The van der Waals surface area contributed by atoms with Crippen molar-refractivity contribution >= 4 is 27.3 Å². The van der Waals surface area contributed by atoms with Gasteiger partial charge >= 0.3 is 0 Å². The summed E-state index contributed by atoms with van der Waals surface area (Å²) in [4.78, 5) is 12.6. The molecule has 7 heteroatoms. The minimum Gasteiger partial charge on any atom is -0.497 e. The summed E-state index contributed by atoms with van der Waals surface area (Å²) >= 11 is 0. The Labute approximate surface area is 154 Å². The highest BCUT2D eigenvalue weighted by Crippen LogP contribution is 2.28. The van der Waals surface area contributed by atoms with Gasteiger partial charge in [-0.25, -0.2) is 8.42 Å². The SMILES string of the molecule is COc1ccc(NS(C)(=O)=O)c(NC(=O)c2ccc(C(C)(C)C)cc2)c1. The minimum absolute atomic E-state index is 0.00558. The minimum atomic E-state index is -3.48. The van der Waals surface area contributed by atoms with Gasteiger partial charge in [0.1, 0.15) is 5.75 Å². The van der Waals surface area contributed by atoms with Crippen molar-refractivity contribution in [3.63, 3.8) is 0 Å². The highest BCUT2D eigenvalue weighted by molar-refractivity contribution is 7.92. The van der Waals surface area contributed by atoms with Crippen LogP contribution in [-0.2, 0) is 15.4 Å². The number of sulfonamides is 1. The number of ether oxygens (including phenoxy) is 1. The van der Waals surface area contributed by atoms with Crippen LogP contribution in [-0.4, -0.2) is 27.7 Å². The van der Waals surface area contributed by atoms with Gasteiger partial charge in [0.05, 0.1) is 24.7 Å². The van der Waals surface area contributed by atoms with Gasteiger partial charge in [-0.1, -0.05) is 32.9 Å². The largest absolute Gasteiger partial charge is 0.497 e. The van der Waals surface area contributed by atoms with Crippen LogP contribution < -0.4 is 14.8 Å². The Kier molecular flexibility index (Phi) is 5.61. The lowest BCUT2D eigenvalue weighted by Crippen LogP contribution is -2.17. The predicted octanol–water partition coefficient (Wildman–Crippen LogP) is 3.62. The van der Waals surface area contributed by atoms with Crippen LogP contribution in [0, 0.1) is 0 Å². The molecular formula is C19H24N2O4S. The van der Waals surface area contributed by atoms with E-state index in [2.05, 4.69) is 30.8 Å². The van der Waals surface area contributed by atoms with Crippen molar-refractivity contribution < 1.29 is 17.9 Å². The molecule has 2 N–H and O–H groups in total. The molecule has 6 nitrogen and oxygen atoms in total. The summed E-state index contributed by atoms with van der Waals surface area (Å²) in [6.45, 7) is 6.30. The molecule has 1 amide bonds. The molecule has 0 aliphatic heterocycles. The molecular weight excluding hydrogens is 352 g/mol. The number of amides is 1. The highest BCUT2D eigenvalue weighted by atomic mass is 32.2.